The Morgan fingerprint density at radius 1 is 1.34 bits per heavy atom. The van der Waals surface area contributed by atoms with Crippen LogP contribution in [0.2, 0.25) is 0 Å². The molecule has 1 fully saturated rings. The van der Waals surface area contributed by atoms with Crippen molar-refractivity contribution in [3.8, 4) is 17.2 Å². The molecule has 32 heavy (non-hydrogen) atoms. The average Bonchev–Trinajstić information content (AvgIpc) is 2.95. The highest BCUT2D eigenvalue weighted by molar-refractivity contribution is 5.98. The topological polar surface area (TPSA) is 108 Å². The number of carbonyl (C=O) groups excluding carboxylic acids is 2. The van der Waals surface area contributed by atoms with Gasteiger partial charge in [-0.25, -0.2) is 4.39 Å². The number of rotatable bonds is 5. The summed E-state index contributed by atoms with van der Waals surface area (Å²) in [6.45, 7) is 1.59. The SMILES string of the molecule is CN1Cc2cc(-c3ccc(C[C@@H](C#N)C4(C(N)=O)CNCCCO4)c(F)c3)ccc2C1=O. The summed E-state index contributed by atoms with van der Waals surface area (Å²) in [5.74, 6) is -2.16. The molecule has 8 heteroatoms. The summed E-state index contributed by atoms with van der Waals surface area (Å²) >= 11 is 0. The first-order valence-corrected chi connectivity index (χ1v) is 10.6. The lowest BCUT2D eigenvalue weighted by Crippen LogP contribution is -2.57. The molecule has 0 spiro atoms. The second kappa shape index (κ2) is 8.69. The van der Waals surface area contributed by atoms with Crippen LogP contribution in [-0.2, 0) is 22.5 Å². The van der Waals surface area contributed by atoms with E-state index in [9.17, 15) is 14.9 Å². The number of hydrogen-bond donors (Lipinski definition) is 2. The summed E-state index contributed by atoms with van der Waals surface area (Å²) < 4.78 is 20.8. The molecule has 0 saturated carbocycles. The van der Waals surface area contributed by atoms with E-state index < -0.39 is 23.2 Å². The minimum atomic E-state index is -1.51. The first-order valence-electron chi connectivity index (χ1n) is 10.6. The van der Waals surface area contributed by atoms with E-state index in [1.807, 2.05) is 6.07 Å². The molecule has 7 nitrogen and oxygen atoms in total. The maximum absolute atomic E-state index is 15.1. The Morgan fingerprint density at radius 2 is 2.09 bits per heavy atom. The Labute approximate surface area is 186 Å². The highest BCUT2D eigenvalue weighted by Crippen LogP contribution is 2.31. The second-order valence-corrected chi connectivity index (χ2v) is 8.36. The quantitative estimate of drug-likeness (QED) is 0.745. The van der Waals surface area contributed by atoms with Crippen molar-refractivity contribution in [2.45, 2.75) is 25.0 Å². The molecule has 2 aromatic rings. The largest absolute Gasteiger partial charge is 0.367 e. The molecule has 0 bridgehead atoms. The number of amides is 2. The molecule has 0 aliphatic carbocycles. The van der Waals surface area contributed by atoms with Crippen LogP contribution in [0.15, 0.2) is 36.4 Å². The number of nitrogens with two attached hydrogens (primary N) is 1. The van der Waals surface area contributed by atoms with Crippen LogP contribution in [0.4, 0.5) is 4.39 Å². The first-order chi connectivity index (χ1) is 15.4. The maximum atomic E-state index is 15.1. The van der Waals surface area contributed by atoms with E-state index in [1.54, 1.807) is 36.2 Å². The number of carbonyl (C=O) groups is 2. The fourth-order valence-electron chi connectivity index (χ4n) is 4.40. The molecular weight excluding hydrogens is 411 g/mol. The predicted octanol–water partition coefficient (Wildman–Crippen LogP) is 1.99. The van der Waals surface area contributed by atoms with Gasteiger partial charge in [-0.05, 0) is 59.8 Å². The van der Waals surface area contributed by atoms with Crippen molar-refractivity contribution in [2.75, 3.05) is 26.7 Å². The minimum absolute atomic E-state index is 0.00326. The lowest BCUT2D eigenvalue weighted by atomic mass is 9.82. The molecule has 1 saturated heterocycles. The van der Waals surface area contributed by atoms with E-state index in [0.29, 0.717) is 42.8 Å². The lowest BCUT2D eigenvalue weighted by molar-refractivity contribution is -0.147. The normalized spacial score (nSPS) is 21.5. The van der Waals surface area contributed by atoms with Gasteiger partial charge in [0.1, 0.15) is 5.82 Å². The van der Waals surface area contributed by atoms with Gasteiger partial charge in [0.2, 0.25) is 0 Å². The molecule has 166 valence electrons. The van der Waals surface area contributed by atoms with E-state index in [1.165, 1.54) is 6.07 Å². The minimum Gasteiger partial charge on any atom is -0.367 e. The molecule has 2 amide bonds. The Kier molecular flexibility index (Phi) is 5.96. The Hall–Kier alpha value is -3.28. The number of nitriles is 1. The number of benzene rings is 2. The summed E-state index contributed by atoms with van der Waals surface area (Å²) in [5.41, 5.74) is 7.48. The Balaban J connectivity index is 1.60. The standard InChI is InChI=1S/C24H25FN4O3/c1-29-13-18-9-15(5-6-20(18)22(29)30)16-3-4-17(21(25)11-16)10-19(12-26)24(23(27)31)14-28-7-2-8-32-24/h3-6,9,11,19,28H,2,7-8,10,13-14H2,1H3,(H2,27,31)/t19-,24?/m0/s1. The molecule has 3 N–H and O–H groups in total. The van der Waals surface area contributed by atoms with E-state index in [-0.39, 0.29) is 18.9 Å². The molecule has 2 aliphatic rings. The molecular formula is C24H25FN4O3. The number of nitrogens with zero attached hydrogens (tertiary/aromatic N) is 2. The van der Waals surface area contributed by atoms with E-state index in [0.717, 1.165) is 11.1 Å². The van der Waals surface area contributed by atoms with Crippen LogP contribution in [0.5, 0.6) is 0 Å². The third kappa shape index (κ3) is 3.85. The van der Waals surface area contributed by atoms with Gasteiger partial charge in [0.25, 0.3) is 11.8 Å². The van der Waals surface area contributed by atoms with Gasteiger partial charge >= 0.3 is 0 Å². The molecule has 2 aliphatic heterocycles. The van der Waals surface area contributed by atoms with Crippen molar-refractivity contribution in [1.82, 2.24) is 10.2 Å². The van der Waals surface area contributed by atoms with Gasteiger partial charge in [-0.1, -0.05) is 18.2 Å². The molecule has 2 heterocycles. The zero-order chi connectivity index (χ0) is 22.9. The van der Waals surface area contributed by atoms with Gasteiger partial charge in [0.05, 0.1) is 12.0 Å². The predicted molar refractivity (Wildman–Crippen MR) is 116 cm³/mol. The van der Waals surface area contributed by atoms with Crippen LogP contribution in [0, 0.1) is 23.1 Å². The van der Waals surface area contributed by atoms with Crippen LogP contribution >= 0.6 is 0 Å². The van der Waals surface area contributed by atoms with Gasteiger partial charge in [-0.15, -0.1) is 0 Å². The van der Waals surface area contributed by atoms with Gasteiger partial charge in [0.15, 0.2) is 5.60 Å². The van der Waals surface area contributed by atoms with Crippen LogP contribution < -0.4 is 11.1 Å². The van der Waals surface area contributed by atoms with Crippen molar-refractivity contribution in [2.24, 2.45) is 11.7 Å². The van der Waals surface area contributed by atoms with Crippen molar-refractivity contribution in [3.63, 3.8) is 0 Å². The van der Waals surface area contributed by atoms with Crippen molar-refractivity contribution >= 4 is 11.8 Å². The van der Waals surface area contributed by atoms with Crippen LogP contribution in [-0.4, -0.2) is 49.1 Å². The highest BCUT2D eigenvalue weighted by Gasteiger charge is 2.46. The fraction of sp³-hybridized carbons (Fsp3) is 0.375. The Morgan fingerprint density at radius 3 is 2.81 bits per heavy atom. The number of halogens is 1. The average molecular weight is 436 g/mol. The Bertz CT molecular complexity index is 1100. The van der Waals surface area contributed by atoms with Crippen molar-refractivity contribution in [3.05, 3.63) is 58.9 Å². The summed E-state index contributed by atoms with van der Waals surface area (Å²) in [6, 6.07) is 12.4. The summed E-state index contributed by atoms with van der Waals surface area (Å²) in [6.07, 6.45) is 0.690. The number of fused-ring (bicyclic) bond motifs is 1. The fourth-order valence-corrected chi connectivity index (χ4v) is 4.40. The zero-order valence-corrected chi connectivity index (χ0v) is 17.9. The smallest absolute Gasteiger partial charge is 0.254 e. The molecule has 1 unspecified atom stereocenters. The monoisotopic (exact) mass is 436 g/mol. The number of nitrogens with one attached hydrogen (secondary N) is 1. The number of hydrogen-bond acceptors (Lipinski definition) is 5. The molecule has 2 atom stereocenters. The molecule has 2 aromatic carbocycles. The van der Waals surface area contributed by atoms with Crippen molar-refractivity contribution in [1.29, 1.82) is 5.26 Å². The molecule has 4 rings (SSSR count). The number of ether oxygens (including phenoxy) is 1. The van der Waals surface area contributed by atoms with Crippen LogP contribution in [0.1, 0.15) is 27.9 Å². The third-order valence-corrected chi connectivity index (χ3v) is 6.28. The van der Waals surface area contributed by atoms with E-state index >= 15 is 4.39 Å². The molecule has 0 radical (unpaired) electrons. The van der Waals surface area contributed by atoms with Crippen LogP contribution in [0.3, 0.4) is 0 Å². The van der Waals surface area contributed by atoms with E-state index in [4.69, 9.17) is 10.5 Å². The van der Waals surface area contributed by atoms with Gasteiger partial charge < -0.3 is 20.7 Å². The third-order valence-electron chi connectivity index (χ3n) is 6.28. The second-order valence-electron chi connectivity index (χ2n) is 8.36. The van der Waals surface area contributed by atoms with Crippen LogP contribution in [0.25, 0.3) is 11.1 Å². The zero-order valence-electron chi connectivity index (χ0n) is 17.9. The van der Waals surface area contributed by atoms with Gasteiger partial charge in [-0.3, -0.25) is 9.59 Å². The van der Waals surface area contributed by atoms with Gasteiger partial charge in [-0.2, -0.15) is 5.26 Å². The number of primary amides is 1. The van der Waals surface area contributed by atoms with Crippen molar-refractivity contribution < 1.29 is 18.7 Å². The molecule has 0 aromatic heterocycles. The lowest BCUT2D eigenvalue weighted by Gasteiger charge is -2.33. The van der Waals surface area contributed by atoms with E-state index in [2.05, 4.69) is 11.4 Å². The van der Waals surface area contributed by atoms with Gasteiger partial charge in [0, 0.05) is 32.3 Å². The first kappa shape index (κ1) is 21.9. The summed E-state index contributed by atoms with van der Waals surface area (Å²) in [5, 5.41) is 12.9. The maximum Gasteiger partial charge on any atom is 0.254 e. The summed E-state index contributed by atoms with van der Waals surface area (Å²) in [7, 11) is 1.74. The summed E-state index contributed by atoms with van der Waals surface area (Å²) in [4.78, 5) is 26.0. The highest BCUT2D eigenvalue weighted by atomic mass is 19.1.